The maximum Gasteiger partial charge on any atom is 0.335 e. The molecule has 0 radical (unpaired) electrons. The van der Waals surface area contributed by atoms with E-state index in [1.54, 1.807) is 17.0 Å². The minimum absolute atomic E-state index is 0.0193. The van der Waals surface area contributed by atoms with Crippen LogP contribution in [0.2, 0.25) is 0 Å². The van der Waals surface area contributed by atoms with E-state index in [0.29, 0.717) is 25.1 Å². The van der Waals surface area contributed by atoms with Gasteiger partial charge in [-0.2, -0.15) is 0 Å². The molecule has 4 nitrogen and oxygen atoms in total. The lowest BCUT2D eigenvalue weighted by atomic mass is 9.94. The van der Waals surface area contributed by atoms with Crippen LogP contribution in [0.5, 0.6) is 0 Å². The predicted octanol–water partition coefficient (Wildman–Crippen LogP) is 1.93. The third-order valence-electron chi connectivity index (χ3n) is 3.30. The van der Waals surface area contributed by atoms with E-state index in [2.05, 4.69) is 0 Å². The molecule has 0 fully saturated rings. The van der Waals surface area contributed by atoms with Crippen LogP contribution < -0.4 is 0 Å². The fraction of sp³-hybridized carbons (Fsp3) is 0.429. The monoisotopic (exact) mass is 247 g/mol. The lowest BCUT2D eigenvalue weighted by Crippen LogP contribution is -2.38. The average Bonchev–Trinajstić information content (AvgIpc) is 2.36. The number of fused-ring (bicyclic) bond motifs is 1. The minimum atomic E-state index is -0.893. The summed E-state index contributed by atoms with van der Waals surface area (Å²) in [5.74, 6) is -0.786. The molecule has 96 valence electrons. The predicted molar refractivity (Wildman–Crippen MR) is 67.4 cm³/mol. The number of carboxylic acid groups (broad SMARTS) is 1. The van der Waals surface area contributed by atoms with Crippen molar-refractivity contribution in [2.75, 3.05) is 6.54 Å². The third-order valence-corrected chi connectivity index (χ3v) is 3.30. The van der Waals surface area contributed by atoms with Crippen molar-refractivity contribution in [1.29, 1.82) is 0 Å². The van der Waals surface area contributed by atoms with Gasteiger partial charge >= 0.3 is 5.97 Å². The Kier molecular flexibility index (Phi) is 3.36. The van der Waals surface area contributed by atoms with Gasteiger partial charge in [-0.15, -0.1) is 0 Å². The Balaban J connectivity index is 2.28. The Labute approximate surface area is 106 Å². The summed E-state index contributed by atoms with van der Waals surface area (Å²) in [5, 5.41) is 9.12. The molecule has 1 aromatic carbocycles. The van der Waals surface area contributed by atoms with Gasteiger partial charge in [-0.3, -0.25) is 4.79 Å². The molecule has 1 aliphatic heterocycles. The molecule has 0 bridgehead atoms. The van der Waals surface area contributed by atoms with E-state index < -0.39 is 5.97 Å². The highest BCUT2D eigenvalue weighted by Gasteiger charge is 2.25. The van der Waals surface area contributed by atoms with Crippen molar-refractivity contribution >= 4 is 11.9 Å². The topological polar surface area (TPSA) is 57.6 Å². The molecule has 0 saturated carbocycles. The van der Waals surface area contributed by atoms with E-state index in [0.717, 1.165) is 11.1 Å². The number of carbonyl (C=O) groups is 2. The van der Waals surface area contributed by atoms with Gasteiger partial charge in [-0.1, -0.05) is 26.0 Å². The van der Waals surface area contributed by atoms with Gasteiger partial charge < -0.3 is 10.0 Å². The van der Waals surface area contributed by atoms with E-state index in [1.165, 1.54) is 0 Å². The van der Waals surface area contributed by atoms with Crippen LogP contribution in [0, 0.1) is 5.92 Å². The van der Waals surface area contributed by atoms with Crippen molar-refractivity contribution in [2.24, 2.45) is 5.92 Å². The van der Waals surface area contributed by atoms with E-state index in [9.17, 15) is 9.59 Å². The molecule has 0 spiro atoms. The molecule has 0 aliphatic carbocycles. The molecule has 1 heterocycles. The van der Waals surface area contributed by atoms with Crippen LogP contribution >= 0.6 is 0 Å². The zero-order valence-corrected chi connectivity index (χ0v) is 10.6. The number of benzene rings is 1. The number of nitrogens with zero attached hydrogens (tertiary/aromatic N) is 1. The van der Waals surface area contributed by atoms with Crippen LogP contribution in [0.1, 0.15) is 35.3 Å². The highest BCUT2D eigenvalue weighted by molar-refractivity contribution is 5.90. The average molecular weight is 247 g/mol. The first kappa shape index (κ1) is 12.6. The zero-order chi connectivity index (χ0) is 13.3. The molecular formula is C14H17NO3. The van der Waals surface area contributed by atoms with Crippen molar-refractivity contribution in [3.8, 4) is 0 Å². The summed E-state index contributed by atoms with van der Waals surface area (Å²) >= 11 is 0. The van der Waals surface area contributed by atoms with Crippen LogP contribution in [-0.4, -0.2) is 28.4 Å². The fourth-order valence-corrected chi connectivity index (χ4v) is 2.36. The molecule has 0 atom stereocenters. The smallest absolute Gasteiger partial charge is 0.335 e. The van der Waals surface area contributed by atoms with E-state index >= 15 is 0 Å². The number of hydrogen-bond acceptors (Lipinski definition) is 2. The highest BCUT2D eigenvalue weighted by atomic mass is 16.4. The molecule has 18 heavy (non-hydrogen) atoms. The van der Waals surface area contributed by atoms with Gasteiger partial charge in [-0.25, -0.2) is 4.79 Å². The maximum atomic E-state index is 11.9. The van der Waals surface area contributed by atoms with Crippen molar-refractivity contribution in [3.05, 3.63) is 34.9 Å². The summed E-state index contributed by atoms with van der Waals surface area (Å²) in [5.41, 5.74) is 2.19. The zero-order valence-electron chi connectivity index (χ0n) is 10.6. The second-order valence-electron chi connectivity index (χ2n) is 4.91. The first-order valence-electron chi connectivity index (χ1n) is 6.13. The first-order valence-corrected chi connectivity index (χ1v) is 6.13. The van der Waals surface area contributed by atoms with Gasteiger partial charge in [0.15, 0.2) is 0 Å². The number of aromatic carboxylic acids is 1. The van der Waals surface area contributed by atoms with Gasteiger partial charge in [0.1, 0.15) is 0 Å². The summed E-state index contributed by atoms with van der Waals surface area (Å²) in [6.45, 7) is 4.89. The quantitative estimate of drug-likeness (QED) is 0.868. The van der Waals surface area contributed by atoms with E-state index in [4.69, 9.17) is 5.11 Å². The summed E-state index contributed by atoms with van der Waals surface area (Å²) < 4.78 is 0. The molecule has 1 aliphatic rings. The van der Waals surface area contributed by atoms with Crippen LogP contribution in [0.15, 0.2) is 18.2 Å². The fourth-order valence-electron chi connectivity index (χ4n) is 2.36. The van der Waals surface area contributed by atoms with Crippen LogP contribution in [0.4, 0.5) is 0 Å². The molecule has 0 aromatic heterocycles. The summed E-state index contributed by atoms with van der Waals surface area (Å²) in [6.07, 6.45) is 0.621. The second-order valence-corrected chi connectivity index (χ2v) is 4.91. The lowest BCUT2D eigenvalue weighted by Gasteiger charge is -2.30. The highest BCUT2D eigenvalue weighted by Crippen LogP contribution is 2.23. The molecule has 1 aromatic rings. The summed E-state index contributed by atoms with van der Waals surface area (Å²) in [6, 6.07) is 5.27. The van der Waals surface area contributed by atoms with Crippen molar-refractivity contribution in [3.63, 3.8) is 0 Å². The van der Waals surface area contributed by atoms with E-state index in [1.807, 2.05) is 19.9 Å². The number of hydrogen-bond donors (Lipinski definition) is 1. The largest absolute Gasteiger partial charge is 0.478 e. The molecule has 4 heteroatoms. The SMILES string of the molecule is CC(C)C(=O)N1CCc2c(cccc2C(=O)O)C1. The van der Waals surface area contributed by atoms with Gasteiger partial charge in [0.05, 0.1) is 5.56 Å². The lowest BCUT2D eigenvalue weighted by molar-refractivity contribution is -0.135. The molecule has 0 unspecified atom stereocenters. The Morgan fingerprint density at radius 1 is 1.33 bits per heavy atom. The molecular weight excluding hydrogens is 230 g/mol. The molecule has 1 amide bonds. The first-order chi connectivity index (χ1) is 8.50. The second kappa shape index (κ2) is 4.80. The molecule has 0 saturated heterocycles. The van der Waals surface area contributed by atoms with Gasteiger partial charge in [0, 0.05) is 19.0 Å². The van der Waals surface area contributed by atoms with Gasteiger partial charge in [0.25, 0.3) is 0 Å². The maximum absolute atomic E-state index is 11.9. The number of carbonyl (C=O) groups excluding carboxylic acids is 1. The summed E-state index contributed by atoms with van der Waals surface area (Å²) in [7, 11) is 0. The Morgan fingerprint density at radius 2 is 2.06 bits per heavy atom. The third kappa shape index (κ3) is 2.23. The Hall–Kier alpha value is -1.84. The van der Waals surface area contributed by atoms with Crippen molar-refractivity contribution in [2.45, 2.75) is 26.8 Å². The normalized spacial score (nSPS) is 14.5. The van der Waals surface area contributed by atoms with Gasteiger partial charge in [-0.05, 0) is 23.6 Å². The van der Waals surface area contributed by atoms with Gasteiger partial charge in [0.2, 0.25) is 5.91 Å². The summed E-state index contributed by atoms with van der Waals surface area (Å²) in [4.78, 5) is 24.9. The Morgan fingerprint density at radius 3 is 2.67 bits per heavy atom. The molecule has 1 N–H and O–H groups in total. The minimum Gasteiger partial charge on any atom is -0.478 e. The molecule has 2 rings (SSSR count). The van der Waals surface area contributed by atoms with Crippen LogP contribution in [0.3, 0.4) is 0 Å². The van der Waals surface area contributed by atoms with Crippen LogP contribution in [-0.2, 0) is 17.8 Å². The van der Waals surface area contributed by atoms with Crippen molar-refractivity contribution < 1.29 is 14.7 Å². The standard InChI is InChI=1S/C14H17NO3/c1-9(2)13(16)15-7-6-11-10(8-15)4-3-5-12(11)14(17)18/h3-5,9H,6-8H2,1-2H3,(H,17,18). The number of rotatable bonds is 2. The van der Waals surface area contributed by atoms with E-state index in [-0.39, 0.29) is 11.8 Å². The Bertz CT molecular complexity index is 494. The van der Waals surface area contributed by atoms with Crippen LogP contribution in [0.25, 0.3) is 0 Å². The number of amides is 1. The van der Waals surface area contributed by atoms with Crippen molar-refractivity contribution in [1.82, 2.24) is 4.90 Å². The number of carboxylic acids is 1.